The summed E-state index contributed by atoms with van der Waals surface area (Å²) in [4.78, 5) is 40.2. The number of hydrogen-bond donors (Lipinski definition) is 2. The summed E-state index contributed by atoms with van der Waals surface area (Å²) in [6.45, 7) is 3.12. The number of fused-ring (bicyclic) bond motifs is 1. The number of amides is 3. The summed E-state index contributed by atoms with van der Waals surface area (Å²) in [5, 5.41) is 2.33. The van der Waals surface area contributed by atoms with Crippen molar-refractivity contribution in [3.8, 4) is 0 Å². The van der Waals surface area contributed by atoms with E-state index in [1.54, 1.807) is 4.90 Å². The molecule has 138 valence electrons. The molecule has 7 nitrogen and oxygen atoms in total. The summed E-state index contributed by atoms with van der Waals surface area (Å²) in [6.07, 6.45) is 2.84. The minimum absolute atomic E-state index is 0.119. The third-order valence-electron chi connectivity index (χ3n) is 5.54. The van der Waals surface area contributed by atoms with Crippen LogP contribution in [0.1, 0.15) is 47.2 Å². The second kappa shape index (κ2) is 6.81. The molecule has 1 aromatic rings. The fraction of sp³-hybridized carbons (Fsp3) is 0.526. The maximum atomic E-state index is 12.8. The van der Waals surface area contributed by atoms with E-state index < -0.39 is 6.04 Å². The Labute approximate surface area is 152 Å². The smallest absolute Gasteiger partial charge is 0.255 e. The highest BCUT2D eigenvalue weighted by Crippen LogP contribution is 2.28. The fourth-order valence-corrected chi connectivity index (χ4v) is 4.19. The summed E-state index contributed by atoms with van der Waals surface area (Å²) in [6, 6.07) is 5.65. The summed E-state index contributed by atoms with van der Waals surface area (Å²) in [5.74, 6) is -0.755. The highest BCUT2D eigenvalue weighted by molar-refractivity contribution is 6.05. The van der Waals surface area contributed by atoms with Gasteiger partial charge in [0.05, 0.1) is 0 Å². The first-order valence-corrected chi connectivity index (χ1v) is 9.25. The number of likely N-dealkylation sites (tertiary alicyclic amines) is 1. The monoisotopic (exact) mass is 356 g/mol. The first kappa shape index (κ1) is 17.2. The van der Waals surface area contributed by atoms with E-state index in [1.807, 2.05) is 12.1 Å². The first-order valence-electron chi connectivity index (χ1n) is 9.25. The number of nitrogens with one attached hydrogen (secondary N) is 1. The van der Waals surface area contributed by atoms with E-state index in [2.05, 4.69) is 16.3 Å². The molecule has 3 aliphatic rings. The molecule has 1 aromatic carbocycles. The van der Waals surface area contributed by atoms with Crippen molar-refractivity contribution in [2.45, 2.75) is 50.9 Å². The second-order valence-electron chi connectivity index (χ2n) is 7.53. The van der Waals surface area contributed by atoms with Gasteiger partial charge in [-0.1, -0.05) is 12.1 Å². The van der Waals surface area contributed by atoms with E-state index in [4.69, 9.17) is 5.73 Å². The predicted octanol–water partition coefficient (Wildman–Crippen LogP) is 0.371. The topological polar surface area (TPSA) is 95.7 Å². The summed E-state index contributed by atoms with van der Waals surface area (Å²) in [7, 11) is 0. The van der Waals surface area contributed by atoms with Crippen LogP contribution in [-0.4, -0.2) is 52.7 Å². The van der Waals surface area contributed by atoms with Crippen LogP contribution in [0.15, 0.2) is 18.2 Å². The Morgan fingerprint density at radius 3 is 2.81 bits per heavy atom. The van der Waals surface area contributed by atoms with Gasteiger partial charge in [0, 0.05) is 37.7 Å². The number of carbonyl (C=O) groups is 3. The van der Waals surface area contributed by atoms with Crippen molar-refractivity contribution in [3.05, 3.63) is 34.9 Å². The molecule has 2 atom stereocenters. The van der Waals surface area contributed by atoms with Gasteiger partial charge in [-0.2, -0.15) is 0 Å². The third kappa shape index (κ3) is 3.24. The lowest BCUT2D eigenvalue weighted by molar-refractivity contribution is -0.136. The number of imide groups is 1. The van der Waals surface area contributed by atoms with Crippen molar-refractivity contribution >= 4 is 17.7 Å². The van der Waals surface area contributed by atoms with Crippen LogP contribution in [0.4, 0.5) is 0 Å². The number of rotatable bonds is 3. The molecule has 4 rings (SSSR count). The SMILES string of the molecule is NC1CCCN(Cc2ccc3c(c2)C(=O)N(C2CCC(=O)NC2=O)C3)C1. The zero-order chi connectivity index (χ0) is 18.3. The Morgan fingerprint density at radius 1 is 1.19 bits per heavy atom. The van der Waals surface area contributed by atoms with Crippen LogP contribution in [0.5, 0.6) is 0 Å². The quantitative estimate of drug-likeness (QED) is 0.763. The van der Waals surface area contributed by atoms with Crippen LogP contribution in [0.3, 0.4) is 0 Å². The molecule has 3 heterocycles. The Kier molecular flexibility index (Phi) is 4.50. The molecule has 0 radical (unpaired) electrons. The minimum atomic E-state index is -0.559. The lowest BCUT2D eigenvalue weighted by atomic mass is 10.0. The molecule has 0 spiro atoms. The molecule has 0 saturated carbocycles. The lowest BCUT2D eigenvalue weighted by Gasteiger charge is -2.30. The van der Waals surface area contributed by atoms with E-state index in [0.717, 1.165) is 43.6 Å². The Balaban J connectivity index is 1.48. The van der Waals surface area contributed by atoms with E-state index in [-0.39, 0.29) is 30.2 Å². The Bertz CT molecular complexity index is 763. The third-order valence-corrected chi connectivity index (χ3v) is 5.54. The van der Waals surface area contributed by atoms with Gasteiger partial charge in [-0.3, -0.25) is 24.6 Å². The average Bonchev–Trinajstić information content (AvgIpc) is 2.92. The van der Waals surface area contributed by atoms with Gasteiger partial charge in [0.15, 0.2) is 0 Å². The minimum Gasteiger partial charge on any atom is -0.327 e. The molecule has 3 N–H and O–H groups in total. The molecule has 3 amide bonds. The van der Waals surface area contributed by atoms with Crippen LogP contribution in [0.2, 0.25) is 0 Å². The van der Waals surface area contributed by atoms with Gasteiger partial charge in [-0.15, -0.1) is 0 Å². The molecule has 0 aliphatic carbocycles. The van der Waals surface area contributed by atoms with Crippen molar-refractivity contribution in [2.75, 3.05) is 13.1 Å². The van der Waals surface area contributed by atoms with Crippen molar-refractivity contribution in [1.29, 1.82) is 0 Å². The van der Waals surface area contributed by atoms with E-state index in [0.29, 0.717) is 18.5 Å². The van der Waals surface area contributed by atoms with Crippen LogP contribution < -0.4 is 11.1 Å². The Morgan fingerprint density at radius 2 is 2.04 bits per heavy atom. The van der Waals surface area contributed by atoms with Gasteiger partial charge in [0.1, 0.15) is 6.04 Å². The summed E-state index contributed by atoms with van der Waals surface area (Å²) < 4.78 is 0. The van der Waals surface area contributed by atoms with Crippen molar-refractivity contribution in [1.82, 2.24) is 15.1 Å². The van der Waals surface area contributed by atoms with Crippen LogP contribution in [-0.2, 0) is 22.7 Å². The van der Waals surface area contributed by atoms with Crippen LogP contribution in [0.25, 0.3) is 0 Å². The van der Waals surface area contributed by atoms with E-state index >= 15 is 0 Å². The standard InChI is InChI=1S/C19H24N4O3/c20-14-2-1-7-22(11-14)9-12-3-4-13-10-23(19(26)15(13)8-12)16-5-6-17(24)21-18(16)25/h3-4,8,14,16H,1-2,5-7,9-11,20H2,(H,21,24,25). The van der Waals surface area contributed by atoms with Crippen LogP contribution in [0, 0.1) is 0 Å². The molecule has 7 heteroatoms. The van der Waals surface area contributed by atoms with Crippen molar-refractivity contribution < 1.29 is 14.4 Å². The summed E-state index contributed by atoms with van der Waals surface area (Å²) in [5.41, 5.74) is 8.76. The highest BCUT2D eigenvalue weighted by atomic mass is 16.2. The summed E-state index contributed by atoms with van der Waals surface area (Å²) >= 11 is 0. The average molecular weight is 356 g/mol. The number of carbonyl (C=O) groups excluding carboxylic acids is 3. The molecule has 0 bridgehead atoms. The van der Waals surface area contributed by atoms with Crippen LogP contribution >= 0.6 is 0 Å². The van der Waals surface area contributed by atoms with Crippen molar-refractivity contribution in [3.63, 3.8) is 0 Å². The Hall–Kier alpha value is -2.25. The number of nitrogens with zero attached hydrogens (tertiary/aromatic N) is 2. The normalized spacial score (nSPS) is 26.8. The van der Waals surface area contributed by atoms with Gasteiger partial charge in [0.25, 0.3) is 5.91 Å². The maximum Gasteiger partial charge on any atom is 0.255 e. The van der Waals surface area contributed by atoms with Gasteiger partial charge in [-0.05, 0) is 43.0 Å². The van der Waals surface area contributed by atoms with Crippen molar-refractivity contribution in [2.24, 2.45) is 5.73 Å². The molecule has 2 fully saturated rings. The van der Waals surface area contributed by atoms with E-state index in [1.165, 1.54) is 0 Å². The number of hydrogen-bond acceptors (Lipinski definition) is 5. The largest absolute Gasteiger partial charge is 0.327 e. The maximum absolute atomic E-state index is 12.8. The molecule has 26 heavy (non-hydrogen) atoms. The zero-order valence-electron chi connectivity index (χ0n) is 14.7. The number of piperidine rings is 2. The molecule has 2 unspecified atom stereocenters. The molecular weight excluding hydrogens is 332 g/mol. The zero-order valence-corrected chi connectivity index (χ0v) is 14.7. The molecule has 0 aromatic heterocycles. The van der Waals surface area contributed by atoms with Gasteiger partial charge in [0.2, 0.25) is 11.8 Å². The molecule has 2 saturated heterocycles. The molecule has 3 aliphatic heterocycles. The van der Waals surface area contributed by atoms with Gasteiger partial charge >= 0.3 is 0 Å². The first-order chi connectivity index (χ1) is 12.5. The number of benzene rings is 1. The van der Waals surface area contributed by atoms with Gasteiger partial charge in [-0.25, -0.2) is 0 Å². The lowest BCUT2D eigenvalue weighted by Crippen LogP contribution is -2.52. The predicted molar refractivity (Wildman–Crippen MR) is 95.0 cm³/mol. The van der Waals surface area contributed by atoms with E-state index in [9.17, 15) is 14.4 Å². The molecular formula is C19H24N4O3. The van der Waals surface area contributed by atoms with Gasteiger partial charge < -0.3 is 10.6 Å². The fourth-order valence-electron chi connectivity index (χ4n) is 4.19. The number of nitrogens with two attached hydrogens (primary N) is 1. The highest BCUT2D eigenvalue weighted by Gasteiger charge is 2.39. The second-order valence-corrected chi connectivity index (χ2v) is 7.53.